The molecule has 1 aliphatic carbocycles. The van der Waals surface area contributed by atoms with Crippen LogP contribution in [-0.4, -0.2) is 56.5 Å². The van der Waals surface area contributed by atoms with Gasteiger partial charge in [0.05, 0.1) is 0 Å². The third-order valence-electron chi connectivity index (χ3n) is 13.4. The minimum absolute atomic E-state index is 0. The molecule has 0 radical (unpaired) electrons. The predicted molar refractivity (Wildman–Crippen MR) is 276 cm³/mol. The molecule has 0 atom stereocenters. The van der Waals surface area contributed by atoms with Crippen LogP contribution < -0.4 is 83.9 Å². The van der Waals surface area contributed by atoms with Crippen molar-refractivity contribution >= 4 is 103 Å². The van der Waals surface area contributed by atoms with Crippen LogP contribution in [-0.2, 0) is 20.4 Å². The van der Waals surface area contributed by atoms with Crippen LogP contribution in [0.4, 0.5) is 0 Å². The normalized spacial score (nSPS) is 15.6. The fourth-order valence-electron chi connectivity index (χ4n) is 10.9. The maximum absolute atomic E-state index is 3.00. The molecule has 4 rings (SSSR count). The van der Waals surface area contributed by atoms with Gasteiger partial charge in [-0.25, -0.2) is 0 Å². The first kappa shape index (κ1) is 57.3. The van der Waals surface area contributed by atoms with Crippen LogP contribution in [0.1, 0.15) is 44.4 Å². The minimum Gasteiger partial charge on any atom is -1.00 e. The van der Waals surface area contributed by atoms with Gasteiger partial charge in [-0.15, -0.1) is 0 Å². The third-order valence-corrected chi connectivity index (χ3v) is 34.9. The zero-order valence-electron chi connectivity index (χ0n) is 42.1. The molecule has 0 spiro atoms. The number of hydrogen-bond donors (Lipinski definition) is 0. The zero-order valence-corrected chi connectivity index (χ0v) is 52.9. The minimum atomic E-state index is -3.00. The molecule has 0 aromatic heterocycles. The summed E-state index contributed by atoms with van der Waals surface area (Å²) in [5.74, 6) is 0. The van der Waals surface area contributed by atoms with E-state index in [9.17, 15) is 0 Å². The van der Waals surface area contributed by atoms with Crippen LogP contribution in [0.3, 0.4) is 0 Å². The molecule has 0 fully saturated rings. The summed E-state index contributed by atoms with van der Waals surface area (Å²) in [7, 11) is -13.3. The summed E-state index contributed by atoms with van der Waals surface area (Å²) in [6.07, 6.45) is 0. The second kappa shape index (κ2) is 18.3. The average Bonchev–Trinajstić information content (AvgIpc) is 3.13. The summed E-state index contributed by atoms with van der Waals surface area (Å²) in [6.45, 7) is 64.3. The molecular formula is C48H81Cl3Si7Ti. The smallest absolute Gasteiger partial charge is 1.00 e. The van der Waals surface area contributed by atoms with E-state index < -0.39 is 56.5 Å². The van der Waals surface area contributed by atoms with Gasteiger partial charge in [-0.05, 0) is 0 Å². The van der Waals surface area contributed by atoms with Gasteiger partial charge < -0.3 is 37.2 Å². The third kappa shape index (κ3) is 10.1. The molecule has 3 aromatic rings. The van der Waals surface area contributed by atoms with E-state index in [1.165, 1.54) is 11.1 Å². The molecule has 1 aliphatic rings. The van der Waals surface area contributed by atoms with E-state index in [0.29, 0.717) is 0 Å². The fraction of sp³-hybridized carbons (Fsp3) is 0.542. The van der Waals surface area contributed by atoms with Crippen LogP contribution in [0, 0.1) is 20.8 Å². The van der Waals surface area contributed by atoms with Crippen LogP contribution >= 0.6 is 0 Å². The van der Waals surface area contributed by atoms with Gasteiger partial charge in [-0.1, -0.05) is 0 Å². The summed E-state index contributed by atoms with van der Waals surface area (Å²) in [4.78, 5) is 0. The maximum Gasteiger partial charge on any atom is -1.00 e. The number of allylic oxidation sites excluding steroid dienone is 4. The van der Waals surface area contributed by atoms with E-state index in [4.69, 9.17) is 0 Å². The van der Waals surface area contributed by atoms with Gasteiger partial charge >= 0.3 is 369 Å². The summed E-state index contributed by atoms with van der Waals surface area (Å²) < 4.78 is -0.140. The molecule has 11 heteroatoms. The molecule has 0 nitrogen and oxygen atoms in total. The first-order chi connectivity index (χ1) is 24.9. The largest absolute Gasteiger partial charge is 1.00 e. The van der Waals surface area contributed by atoms with Gasteiger partial charge in [-0.2, -0.15) is 0 Å². The maximum atomic E-state index is 2.87. The molecule has 59 heavy (non-hydrogen) atoms. The Bertz CT molecular complexity index is 1920. The van der Waals surface area contributed by atoms with Crippen molar-refractivity contribution in [1.29, 1.82) is 0 Å². The van der Waals surface area contributed by atoms with Crippen molar-refractivity contribution in [1.82, 2.24) is 0 Å². The number of benzene rings is 3. The van der Waals surface area contributed by atoms with Gasteiger partial charge in [0.2, 0.25) is 0 Å². The molecular weight excluding hydrogens is 927 g/mol. The van der Waals surface area contributed by atoms with Gasteiger partial charge in [0.25, 0.3) is 0 Å². The number of halogens is 3. The van der Waals surface area contributed by atoms with E-state index in [0.717, 1.165) is 0 Å². The molecule has 3 aromatic carbocycles. The summed E-state index contributed by atoms with van der Waals surface area (Å²) in [5, 5.41) is 15.3. The van der Waals surface area contributed by atoms with E-state index in [2.05, 4.69) is 223 Å². The molecule has 0 aliphatic heterocycles. The van der Waals surface area contributed by atoms with E-state index in [1.807, 2.05) is 0 Å². The van der Waals surface area contributed by atoms with Crippen LogP contribution in [0.25, 0.3) is 0 Å². The molecule has 0 heterocycles. The Morgan fingerprint density at radius 3 is 0.712 bits per heavy atom. The van der Waals surface area contributed by atoms with Gasteiger partial charge in [0, 0.05) is 0 Å². The summed E-state index contributed by atoms with van der Waals surface area (Å²) in [6, 6.07) is 17.0. The summed E-state index contributed by atoms with van der Waals surface area (Å²) >= 11 is 2.73. The second-order valence-electron chi connectivity index (χ2n) is 24.1. The summed E-state index contributed by atoms with van der Waals surface area (Å²) in [5.41, 5.74) is 10.9. The predicted octanol–water partition coefficient (Wildman–Crippen LogP) is 0.296. The molecule has 326 valence electrons. The Morgan fingerprint density at radius 2 is 0.542 bits per heavy atom. The van der Waals surface area contributed by atoms with Crippen molar-refractivity contribution in [3.8, 4) is 0 Å². The molecule has 0 amide bonds. The Hall–Kier alpha value is 0.242. The van der Waals surface area contributed by atoms with Gasteiger partial charge in [-0.3, -0.25) is 0 Å². The van der Waals surface area contributed by atoms with Crippen molar-refractivity contribution in [2.24, 2.45) is 0 Å². The Kier molecular flexibility index (Phi) is 17.7. The van der Waals surface area contributed by atoms with Crippen LogP contribution in [0.5, 0.6) is 0 Å². The van der Waals surface area contributed by atoms with E-state index in [1.54, 1.807) is 74.5 Å². The van der Waals surface area contributed by atoms with Crippen molar-refractivity contribution in [3.63, 3.8) is 0 Å². The topological polar surface area (TPSA) is 0 Å². The van der Waals surface area contributed by atoms with Crippen LogP contribution in [0.15, 0.2) is 58.7 Å². The number of rotatable bonds is 10. The van der Waals surface area contributed by atoms with Crippen molar-refractivity contribution < 1.29 is 57.7 Å². The van der Waals surface area contributed by atoms with Crippen LogP contribution in [0.2, 0.25) is 121 Å². The molecule has 0 saturated heterocycles. The standard InChI is InChI=1S/C48H81Si7.3ClH.Ti/c1-32-26-39(29-42(49(8,9)10)45(32)52(17,18)19)55(48-37(6)35(4)36(5)38(48)7,40-27-33(2)46(53(20,21)22)43(30-40)50(11,12)13)41-28-34(3)47(54(23,24)25)44(31-41)51(14,15)16;;;;/h26-31H,1-25H3;3*1H;/q;;;;+3/p-3. The first-order valence-corrected chi connectivity index (χ1v) is 45.2. The first-order valence-electron chi connectivity index (χ1n) is 21.5. The van der Waals surface area contributed by atoms with E-state index >= 15 is 0 Å². The van der Waals surface area contributed by atoms with Crippen molar-refractivity contribution in [2.45, 2.75) is 170 Å². The SMILES string of the molecule is CC1=C(C)[C]([Ti+3])([Si](c2cc(C)c([Si](C)(C)C)c([Si](C)(C)C)c2)(c2cc(C)c([Si](C)(C)C)c([Si](C)(C)C)c2)c2cc(C)c([Si](C)(C)C)c([Si](C)(C)C)c2)C(C)=C1C.[Cl-].[Cl-].[Cl-]. The quantitative estimate of drug-likeness (QED) is 0.203. The number of hydrogen-bond acceptors (Lipinski definition) is 0. The Morgan fingerprint density at radius 1 is 0.339 bits per heavy atom. The average molecular weight is 1010 g/mol. The zero-order chi connectivity index (χ0) is 43.5. The number of aryl methyl sites for hydroxylation is 3. The van der Waals surface area contributed by atoms with Gasteiger partial charge in [0.15, 0.2) is 0 Å². The Labute approximate surface area is 402 Å². The second-order valence-corrected chi connectivity index (χ2v) is 60.2. The molecule has 0 N–H and O–H groups in total. The monoisotopic (exact) mass is 1010 g/mol. The molecule has 0 saturated carbocycles. The van der Waals surface area contributed by atoms with Crippen molar-refractivity contribution in [2.75, 3.05) is 0 Å². The van der Waals surface area contributed by atoms with Gasteiger partial charge in [0.1, 0.15) is 0 Å². The molecule has 0 bridgehead atoms. The van der Waals surface area contributed by atoms with Crippen molar-refractivity contribution in [3.05, 3.63) is 75.4 Å². The fourth-order valence-corrected chi connectivity index (χ4v) is 37.9. The van der Waals surface area contributed by atoms with E-state index in [-0.39, 0.29) is 40.6 Å². The Balaban J connectivity index is 0.00000580. The molecule has 0 unspecified atom stereocenters.